The molecule has 0 aliphatic heterocycles. The van der Waals surface area contributed by atoms with Gasteiger partial charge in [-0.3, -0.25) is 4.79 Å². The Morgan fingerprint density at radius 3 is 2.67 bits per heavy atom. The first-order valence-corrected chi connectivity index (χ1v) is 5.46. The first kappa shape index (κ1) is 12.3. The van der Waals surface area contributed by atoms with Crippen molar-refractivity contribution in [2.45, 2.75) is 6.61 Å². The second kappa shape index (κ2) is 5.42. The van der Waals surface area contributed by atoms with E-state index in [2.05, 4.69) is 5.32 Å². The summed E-state index contributed by atoms with van der Waals surface area (Å²) >= 11 is 0. The Balaban J connectivity index is 2.21. The van der Waals surface area contributed by atoms with Gasteiger partial charge in [0.1, 0.15) is 5.82 Å². The molecule has 0 saturated heterocycles. The Morgan fingerprint density at radius 2 is 1.94 bits per heavy atom. The lowest BCUT2D eigenvalue weighted by molar-refractivity contribution is 0.102. The molecule has 0 atom stereocenters. The third kappa shape index (κ3) is 2.73. The van der Waals surface area contributed by atoms with E-state index >= 15 is 0 Å². The monoisotopic (exact) mass is 245 g/mol. The average Bonchev–Trinajstić information content (AvgIpc) is 2.39. The number of hydrogen-bond acceptors (Lipinski definition) is 2. The molecule has 2 aromatic carbocycles. The molecule has 18 heavy (non-hydrogen) atoms. The number of aliphatic hydroxyl groups excluding tert-OH is 1. The Labute approximate surface area is 104 Å². The zero-order valence-corrected chi connectivity index (χ0v) is 9.56. The van der Waals surface area contributed by atoms with Crippen molar-refractivity contribution in [3.63, 3.8) is 0 Å². The first-order chi connectivity index (χ1) is 8.70. The highest BCUT2D eigenvalue weighted by molar-refractivity contribution is 6.04. The molecule has 0 spiro atoms. The van der Waals surface area contributed by atoms with Crippen LogP contribution < -0.4 is 5.32 Å². The van der Waals surface area contributed by atoms with Crippen molar-refractivity contribution in [3.05, 3.63) is 65.5 Å². The lowest BCUT2D eigenvalue weighted by Gasteiger charge is -2.09. The second-order valence-electron chi connectivity index (χ2n) is 3.78. The van der Waals surface area contributed by atoms with E-state index in [-0.39, 0.29) is 12.2 Å². The van der Waals surface area contributed by atoms with E-state index in [4.69, 9.17) is 5.11 Å². The van der Waals surface area contributed by atoms with Gasteiger partial charge in [-0.2, -0.15) is 0 Å². The number of nitrogens with one attached hydrogen (secondary N) is 1. The lowest BCUT2D eigenvalue weighted by atomic mass is 10.1. The normalized spacial score (nSPS) is 10.1. The molecule has 0 bridgehead atoms. The number of anilines is 1. The van der Waals surface area contributed by atoms with E-state index in [0.29, 0.717) is 11.3 Å². The summed E-state index contributed by atoms with van der Waals surface area (Å²) in [5, 5.41) is 11.8. The maximum Gasteiger partial charge on any atom is 0.255 e. The number of rotatable bonds is 3. The van der Waals surface area contributed by atoms with E-state index in [1.807, 2.05) is 0 Å². The Hall–Kier alpha value is -2.20. The van der Waals surface area contributed by atoms with Crippen LogP contribution in [0.5, 0.6) is 0 Å². The van der Waals surface area contributed by atoms with Gasteiger partial charge in [-0.05, 0) is 24.3 Å². The minimum atomic E-state index is -0.460. The summed E-state index contributed by atoms with van der Waals surface area (Å²) in [7, 11) is 0. The quantitative estimate of drug-likeness (QED) is 0.873. The van der Waals surface area contributed by atoms with Crippen LogP contribution in [0.2, 0.25) is 0 Å². The smallest absolute Gasteiger partial charge is 0.255 e. The van der Waals surface area contributed by atoms with Crippen molar-refractivity contribution < 1.29 is 14.3 Å². The zero-order chi connectivity index (χ0) is 13.0. The van der Waals surface area contributed by atoms with Gasteiger partial charge in [-0.25, -0.2) is 4.39 Å². The molecule has 0 aliphatic carbocycles. The van der Waals surface area contributed by atoms with Crippen LogP contribution in [0.15, 0.2) is 48.5 Å². The van der Waals surface area contributed by atoms with Gasteiger partial charge < -0.3 is 10.4 Å². The van der Waals surface area contributed by atoms with Crippen LogP contribution in [-0.4, -0.2) is 11.0 Å². The van der Waals surface area contributed by atoms with Crippen molar-refractivity contribution in [3.8, 4) is 0 Å². The fraction of sp³-hybridized carbons (Fsp3) is 0.0714. The van der Waals surface area contributed by atoms with Gasteiger partial charge in [-0.15, -0.1) is 0 Å². The van der Waals surface area contributed by atoms with E-state index in [1.54, 1.807) is 24.3 Å². The topological polar surface area (TPSA) is 49.3 Å². The molecule has 0 unspecified atom stereocenters. The van der Waals surface area contributed by atoms with Gasteiger partial charge in [0.25, 0.3) is 5.91 Å². The van der Waals surface area contributed by atoms with Crippen LogP contribution in [0, 0.1) is 5.82 Å². The summed E-state index contributed by atoms with van der Waals surface area (Å²) in [6.07, 6.45) is 0. The highest BCUT2D eigenvalue weighted by Gasteiger charge is 2.08. The molecule has 0 fully saturated rings. The molecule has 0 aliphatic rings. The van der Waals surface area contributed by atoms with E-state index in [0.717, 1.165) is 6.07 Å². The summed E-state index contributed by atoms with van der Waals surface area (Å²) in [6.45, 7) is -0.167. The molecule has 0 aromatic heterocycles. The molecule has 2 N–H and O–H groups in total. The van der Waals surface area contributed by atoms with Crippen molar-refractivity contribution in [1.82, 2.24) is 0 Å². The first-order valence-electron chi connectivity index (χ1n) is 5.46. The van der Waals surface area contributed by atoms with Crippen LogP contribution in [0.1, 0.15) is 15.9 Å². The van der Waals surface area contributed by atoms with Gasteiger partial charge in [0.15, 0.2) is 0 Å². The predicted octanol–water partition coefficient (Wildman–Crippen LogP) is 2.57. The molecular weight excluding hydrogens is 233 g/mol. The number of amides is 1. The molecule has 2 aromatic rings. The number of hydrogen-bond donors (Lipinski definition) is 2. The molecule has 0 radical (unpaired) electrons. The van der Waals surface area contributed by atoms with Crippen LogP contribution >= 0.6 is 0 Å². The summed E-state index contributed by atoms with van der Waals surface area (Å²) in [6, 6.07) is 12.4. The predicted molar refractivity (Wildman–Crippen MR) is 66.7 cm³/mol. The Morgan fingerprint density at radius 1 is 1.17 bits per heavy atom. The van der Waals surface area contributed by atoms with Crippen molar-refractivity contribution in [2.24, 2.45) is 0 Å². The van der Waals surface area contributed by atoms with Crippen LogP contribution in [0.3, 0.4) is 0 Å². The largest absolute Gasteiger partial charge is 0.392 e. The number of benzene rings is 2. The number of carbonyl (C=O) groups excluding carboxylic acids is 1. The zero-order valence-electron chi connectivity index (χ0n) is 9.56. The number of aliphatic hydroxyl groups is 1. The Bertz CT molecular complexity index is 569. The fourth-order valence-corrected chi connectivity index (χ4v) is 1.60. The molecule has 1 amide bonds. The molecule has 4 heteroatoms. The van der Waals surface area contributed by atoms with Crippen molar-refractivity contribution >= 4 is 11.6 Å². The van der Waals surface area contributed by atoms with E-state index < -0.39 is 11.7 Å². The minimum Gasteiger partial charge on any atom is -0.392 e. The van der Waals surface area contributed by atoms with Crippen molar-refractivity contribution in [2.75, 3.05) is 5.32 Å². The number of para-hydroxylation sites is 1. The molecule has 3 nitrogen and oxygen atoms in total. The van der Waals surface area contributed by atoms with Crippen LogP contribution in [0.4, 0.5) is 10.1 Å². The summed E-state index contributed by atoms with van der Waals surface area (Å²) in [5.74, 6) is -0.867. The fourth-order valence-electron chi connectivity index (χ4n) is 1.60. The van der Waals surface area contributed by atoms with Gasteiger partial charge >= 0.3 is 0 Å². The Kier molecular flexibility index (Phi) is 3.69. The average molecular weight is 245 g/mol. The molecule has 2 rings (SSSR count). The summed E-state index contributed by atoms with van der Waals surface area (Å²) < 4.78 is 13.0. The standard InChI is InChI=1S/C14H12FNO2/c15-12-6-3-5-10(8-12)14(18)16-13-7-2-1-4-11(13)9-17/h1-8,17H,9H2,(H,16,18). The summed E-state index contributed by atoms with van der Waals surface area (Å²) in [5.41, 5.74) is 1.37. The third-order valence-corrected chi connectivity index (χ3v) is 2.52. The van der Waals surface area contributed by atoms with E-state index in [9.17, 15) is 9.18 Å². The number of halogens is 1. The maximum absolute atomic E-state index is 13.0. The second-order valence-corrected chi connectivity index (χ2v) is 3.78. The van der Waals surface area contributed by atoms with Gasteiger partial charge in [0.2, 0.25) is 0 Å². The maximum atomic E-state index is 13.0. The van der Waals surface area contributed by atoms with Gasteiger partial charge in [0, 0.05) is 16.8 Å². The van der Waals surface area contributed by atoms with Crippen LogP contribution in [-0.2, 0) is 6.61 Å². The summed E-state index contributed by atoms with van der Waals surface area (Å²) in [4.78, 5) is 11.9. The van der Waals surface area contributed by atoms with E-state index in [1.165, 1.54) is 18.2 Å². The lowest BCUT2D eigenvalue weighted by Crippen LogP contribution is -2.13. The van der Waals surface area contributed by atoms with Gasteiger partial charge in [0.05, 0.1) is 6.61 Å². The molecular formula is C14H12FNO2. The number of carbonyl (C=O) groups is 1. The van der Waals surface area contributed by atoms with Crippen LogP contribution in [0.25, 0.3) is 0 Å². The molecule has 92 valence electrons. The van der Waals surface area contributed by atoms with Gasteiger partial charge in [-0.1, -0.05) is 24.3 Å². The highest BCUT2D eigenvalue weighted by Crippen LogP contribution is 2.16. The SMILES string of the molecule is O=C(Nc1ccccc1CO)c1cccc(F)c1. The molecule has 0 heterocycles. The highest BCUT2D eigenvalue weighted by atomic mass is 19.1. The third-order valence-electron chi connectivity index (χ3n) is 2.52. The molecule has 0 saturated carbocycles. The van der Waals surface area contributed by atoms with Crippen molar-refractivity contribution in [1.29, 1.82) is 0 Å². The minimum absolute atomic E-state index is 0.167.